The number of nitrogens with zero attached hydrogens (tertiary/aromatic N) is 3. The summed E-state index contributed by atoms with van der Waals surface area (Å²) in [6.07, 6.45) is 0.302. The van der Waals surface area contributed by atoms with Crippen molar-refractivity contribution in [3.8, 4) is 0 Å². The Labute approximate surface area is 147 Å². The fourth-order valence-corrected chi connectivity index (χ4v) is 3.03. The van der Waals surface area contributed by atoms with Crippen molar-refractivity contribution in [2.24, 2.45) is 7.05 Å². The molecule has 1 aromatic heterocycles. The van der Waals surface area contributed by atoms with Crippen molar-refractivity contribution in [3.63, 3.8) is 0 Å². The zero-order valence-electron chi connectivity index (χ0n) is 14.9. The number of fused-ring (bicyclic) bond motifs is 1. The molecule has 5 heteroatoms. The number of aryl methyl sites for hydroxylation is 3. The third kappa shape index (κ3) is 3.50. The molecule has 130 valence electrons. The van der Waals surface area contributed by atoms with Gasteiger partial charge in [0.15, 0.2) is 0 Å². The van der Waals surface area contributed by atoms with Gasteiger partial charge in [0.2, 0.25) is 5.91 Å². The summed E-state index contributed by atoms with van der Waals surface area (Å²) in [5, 5.41) is 0. The Kier molecular flexibility index (Phi) is 4.74. The Hall–Kier alpha value is -2.82. The lowest BCUT2D eigenvalue weighted by atomic mass is 10.1. The summed E-state index contributed by atoms with van der Waals surface area (Å²) >= 11 is 0. The first-order valence-electron chi connectivity index (χ1n) is 8.41. The number of hydrogen-bond acceptors (Lipinski definition) is 2. The number of carbonyl (C=O) groups is 1. The van der Waals surface area contributed by atoms with Crippen LogP contribution in [0.1, 0.15) is 17.5 Å². The van der Waals surface area contributed by atoms with Crippen LogP contribution in [0.2, 0.25) is 0 Å². The summed E-state index contributed by atoms with van der Waals surface area (Å²) in [4.78, 5) is 26.5. The highest BCUT2D eigenvalue weighted by Crippen LogP contribution is 2.12. The van der Waals surface area contributed by atoms with Crippen LogP contribution in [0.15, 0.2) is 53.3 Å². The molecule has 25 heavy (non-hydrogen) atoms. The SMILES string of the molecule is Cc1ccc(CN(C)C(=O)CCn2c(=O)n(C)c3ccccc32)cc1. The minimum absolute atomic E-state index is 0.0282. The number of benzene rings is 2. The monoisotopic (exact) mass is 337 g/mol. The zero-order valence-corrected chi connectivity index (χ0v) is 14.9. The molecule has 3 rings (SSSR count). The molecule has 0 saturated carbocycles. The lowest BCUT2D eigenvalue weighted by Crippen LogP contribution is -2.29. The number of para-hydroxylation sites is 2. The van der Waals surface area contributed by atoms with Crippen LogP contribution in [0.5, 0.6) is 0 Å². The average Bonchev–Trinajstić information content (AvgIpc) is 2.86. The lowest BCUT2D eigenvalue weighted by molar-refractivity contribution is -0.130. The molecule has 0 aliphatic heterocycles. The molecule has 1 heterocycles. The van der Waals surface area contributed by atoms with E-state index in [1.165, 1.54) is 5.56 Å². The third-order valence-corrected chi connectivity index (χ3v) is 4.57. The minimum Gasteiger partial charge on any atom is -0.341 e. The van der Waals surface area contributed by atoms with E-state index in [0.29, 0.717) is 19.5 Å². The first-order valence-corrected chi connectivity index (χ1v) is 8.41. The van der Waals surface area contributed by atoms with Crippen LogP contribution in [-0.2, 0) is 24.9 Å². The molecule has 0 aliphatic rings. The third-order valence-electron chi connectivity index (χ3n) is 4.57. The second kappa shape index (κ2) is 6.97. The predicted molar refractivity (Wildman–Crippen MR) is 99.4 cm³/mol. The average molecular weight is 337 g/mol. The van der Waals surface area contributed by atoms with Crippen LogP contribution in [0.3, 0.4) is 0 Å². The molecular formula is C20H23N3O2. The van der Waals surface area contributed by atoms with Gasteiger partial charge in [0.05, 0.1) is 11.0 Å². The summed E-state index contributed by atoms with van der Waals surface area (Å²) < 4.78 is 3.29. The molecule has 3 aromatic rings. The van der Waals surface area contributed by atoms with Gasteiger partial charge in [-0.2, -0.15) is 0 Å². The maximum atomic E-state index is 12.4. The standard InChI is InChI=1S/C20H23N3O2/c1-15-8-10-16(11-9-15)14-21(2)19(24)12-13-23-18-7-5-4-6-17(18)22(3)20(23)25/h4-11H,12-14H2,1-3H3. The van der Waals surface area contributed by atoms with Crippen molar-refractivity contribution in [1.29, 1.82) is 0 Å². The number of rotatable bonds is 5. The minimum atomic E-state index is -0.0878. The van der Waals surface area contributed by atoms with Crippen molar-refractivity contribution in [1.82, 2.24) is 14.0 Å². The summed E-state index contributed by atoms with van der Waals surface area (Å²) in [5.74, 6) is 0.0282. The molecule has 0 spiro atoms. The maximum absolute atomic E-state index is 12.4. The fourth-order valence-electron chi connectivity index (χ4n) is 3.03. The van der Waals surface area contributed by atoms with Gasteiger partial charge in [-0.1, -0.05) is 42.0 Å². The molecular weight excluding hydrogens is 314 g/mol. The summed E-state index contributed by atoms with van der Waals surface area (Å²) in [6, 6.07) is 15.8. The van der Waals surface area contributed by atoms with Crippen LogP contribution >= 0.6 is 0 Å². The first kappa shape index (κ1) is 17.0. The Bertz CT molecular complexity index is 951. The quantitative estimate of drug-likeness (QED) is 0.719. The highest BCUT2D eigenvalue weighted by atomic mass is 16.2. The van der Waals surface area contributed by atoms with Crippen molar-refractivity contribution in [2.45, 2.75) is 26.4 Å². The number of aromatic nitrogens is 2. The number of imidazole rings is 1. The van der Waals surface area contributed by atoms with Crippen molar-refractivity contribution in [3.05, 3.63) is 70.1 Å². The highest BCUT2D eigenvalue weighted by molar-refractivity contribution is 5.77. The second-order valence-electron chi connectivity index (χ2n) is 6.47. The molecule has 0 atom stereocenters. The lowest BCUT2D eigenvalue weighted by Gasteiger charge is -2.17. The Morgan fingerprint density at radius 3 is 2.36 bits per heavy atom. The molecule has 0 N–H and O–H groups in total. The van der Waals surface area contributed by atoms with Gasteiger partial charge in [-0.3, -0.25) is 13.9 Å². The van der Waals surface area contributed by atoms with Crippen LogP contribution in [-0.4, -0.2) is 27.0 Å². The van der Waals surface area contributed by atoms with Crippen LogP contribution < -0.4 is 5.69 Å². The van der Waals surface area contributed by atoms with Gasteiger partial charge >= 0.3 is 5.69 Å². The zero-order chi connectivity index (χ0) is 18.0. The van der Waals surface area contributed by atoms with Crippen LogP contribution in [0.4, 0.5) is 0 Å². The molecule has 0 saturated heterocycles. The van der Waals surface area contributed by atoms with E-state index in [9.17, 15) is 9.59 Å². The summed E-state index contributed by atoms with van der Waals surface area (Å²) in [7, 11) is 3.56. The molecule has 0 fully saturated rings. The van der Waals surface area contributed by atoms with Crippen molar-refractivity contribution >= 4 is 16.9 Å². The van der Waals surface area contributed by atoms with E-state index in [1.807, 2.05) is 55.5 Å². The van der Waals surface area contributed by atoms with Gasteiger partial charge in [0, 0.05) is 33.6 Å². The van der Waals surface area contributed by atoms with Crippen molar-refractivity contribution in [2.75, 3.05) is 7.05 Å². The fraction of sp³-hybridized carbons (Fsp3) is 0.300. The van der Waals surface area contributed by atoms with Gasteiger partial charge in [-0.15, -0.1) is 0 Å². The topological polar surface area (TPSA) is 47.2 Å². The Balaban J connectivity index is 1.69. The molecule has 0 unspecified atom stereocenters. The smallest absolute Gasteiger partial charge is 0.328 e. The molecule has 1 amide bonds. The Morgan fingerprint density at radius 1 is 1.04 bits per heavy atom. The van der Waals surface area contributed by atoms with E-state index in [1.54, 1.807) is 28.1 Å². The molecule has 0 bridgehead atoms. The predicted octanol–water partition coefficient (Wildman–Crippen LogP) is 2.70. The van der Waals surface area contributed by atoms with Gasteiger partial charge in [0.25, 0.3) is 0 Å². The van der Waals surface area contributed by atoms with E-state index < -0.39 is 0 Å². The van der Waals surface area contributed by atoms with Gasteiger partial charge in [-0.05, 0) is 24.6 Å². The molecule has 0 aliphatic carbocycles. The second-order valence-corrected chi connectivity index (χ2v) is 6.47. The number of amides is 1. The molecule has 2 aromatic carbocycles. The van der Waals surface area contributed by atoms with E-state index in [4.69, 9.17) is 0 Å². The largest absolute Gasteiger partial charge is 0.341 e. The van der Waals surface area contributed by atoms with E-state index in [-0.39, 0.29) is 11.6 Å². The highest BCUT2D eigenvalue weighted by Gasteiger charge is 2.13. The molecule has 0 radical (unpaired) electrons. The first-order chi connectivity index (χ1) is 12.0. The number of hydrogen-bond donors (Lipinski definition) is 0. The summed E-state index contributed by atoms with van der Waals surface area (Å²) in [5.41, 5.74) is 3.96. The van der Waals surface area contributed by atoms with Crippen molar-refractivity contribution < 1.29 is 4.79 Å². The summed E-state index contributed by atoms with van der Waals surface area (Å²) in [6.45, 7) is 3.00. The van der Waals surface area contributed by atoms with Gasteiger partial charge in [0.1, 0.15) is 0 Å². The van der Waals surface area contributed by atoms with Gasteiger partial charge in [-0.25, -0.2) is 4.79 Å². The van der Waals surface area contributed by atoms with Crippen LogP contribution in [0, 0.1) is 6.92 Å². The Morgan fingerprint density at radius 2 is 1.68 bits per heavy atom. The maximum Gasteiger partial charge on any atom is 0.328 e. The van der Waals surface area contributed by atoms with E-state index >= 15 is 0 Å². The normalized spacial score (nSPS) is 11.0. The molecule has 5 nitrogen and oxygen atoms in total. The van der Waals surface area contributed by atoms with E-state index in [2.05, 4.69) is 0 Å². The van der Waals surface area contributed by atoms with Gasteiger partial charge < -0.3 is 4.90 Å². The van der Waals surface area contributed by atoms with Crippen LogP contribution in [0.25, 0.3) is 11.0 Å². The number of carbonyl (C=O) groups excluding carboxylic acids is 1. The van der Waals surface area contributed by atoms with E-state index in [0.717, 1.165) is 16.6 Å².